The van der Waals surface area contributed by atoms with Gasteiger partial charge < -0.3 is 10.7 Å². The Morgan fingerprint density at radius 2 is 2.27 bits per heavy atom. The van der Waals surface area contributed by atoms with E-state index in [1.165, 1.54) is 12.1 Å². The lowest BCUT2D eigenvalue weighted by atomic mass is 10.1. The number of aromatic nitrogens is 1. The summed E-state index contributed by atoms with van der Waals surface area (Å²) in [5, 5.41) is 0.745. The van der Waals surface area contributed by atoms with E-state index >= 15 is 0 Å². The van der Waals surface area contributed by atoms with Gasteiger partial charge in [0, 0.05) is 29.1 Å². The standard InChI is InChI=1S/C11H11FN2O/c12-7-1-2-8-9(11(15)3-4-13)6-14-10(8)5-7/h1-2,5-6,14H,3-4,13H2. The van der Waals surface area contributed by atoms with E-state index in [9.17, 15) is 9.18 Å². The van der Waals surface area contributed by atoms with Crippen LogP contribution >= 0.6 is 0 Å². The van der Waals surface area contributed by atoms with Gasteiger partial charge in [0.15, 0.2) is 5.78 Å². The third kappa shape index (κ3) is 1.76. The molecule has 15 heavy (non-hydrogen) atoms. The van der Waals surface area contributed by atoms with Crippen LogP contribution in [0.25, 0.3) is 10.9 Å². The number of Topliss-reactive ketones (excluding diaryl/α,β-unsaturated/α-hetero) is 1. The zero-order chi connectivity index (χ0) is 10.8. The van der Waals surface area contributed by atoms with Crippen molar-refractivity contribution in [3.05, 3.63) is 35.8 Å². The van der Waals surface area contributed by atoms with Gasteiger partial charge in [-0.2, -0.15) is 0 Å². The first kappa shape index (κ1) is 9.86. The summed E-state index contributed by atoms with van der Waals surface area (Å²) in [6.07, 6.45) is 1.91. The molecule has 0 radical (unpaired) electrons. The zero-order valence-corrected chi connectivity index (χ0v) is 8.09. The summed E-state index contributed by atoms with van der Waals surface area (Å²) in [6, 6.07) is 4.31. The van der Waals surface area contributed by atoms with Crippen molar-refractivity contribution in [1.29, 1.82) is 0 Å². The van der Waals surface area contributed by atoms with Gasteiger partial charge in [0.1, 0.15) is 5.82 Å². The van der Waals surface area contributed by atoms with Crippen LogP contribution in [0.4, 0.5) is 4.39 Å². The maximum atomic E-state index is 12.9. The smallest absolute Gasteiger partial charge is 0.166 e. The van der Waals surface area contributed by atoms with E-state index < -0.39 is 0 Å². The Balaban J connectivity index is 2.49. The molecule has 3 N–H and O–H groups in total. The van der Waals surface area contributed by atoms with Crippen LogP contribution < -0.4 is 5.73 Å². The minimum atomic E-state index is -0.317. The number of rotatable bonds is 3. The molecule has 1 aromatic heterocycles. The molecule has 0 fully saturated rings. The van der Waals surface area contributed by atoms with Crippen molar-refractivity contribution in [1.82, 2.24) is 4.98 Å². The number of carbonyl (C=O) groups is 1. The summed E-state index contributed by atoms with van der Waals surface area (Å²) < 4.78 is 12.9. The van der Waals surface area contributed by atoms with Crippen molar-refractivity contribution in [2.75, 3.05) is 6.54 Å². The third-order valence-electron chi connectivity index (χ3n) is 2.32. The fourth-order valence-electron chi connectivity index (χ4n) is 1.59. The van der Waals surface area contributed by atoms with Crippen LogP contribution in [0.15, 0.2) is 24.4 Å². The topological polar surface area (TPSA) is 58.9 Å². The fraction of sp³-hybridized carbons (Fsp3) is 0.182. The first-order chi connectivity index (χ1) is 7.22. The van der Waals surface area contributed by atoms with Gasteiger partial charge in [-0.3, -0.25) is 4.79 Å². The highest BCUT2D eigenvalue weighted by Crippen LogP contribution is 2.20. The van der Waals surface area contributed by atoms with Crippen LogP contribution in [0.1, 0.15) is 16.8 Å². The van der Waals surface area contributed by atoms with Gasteiger partial charge in [0.25, 0.3) is 0 Å². The van der Waals surface area contributed by atoms with E-state index in [0.29, 0.717) is 24.0 Å². The van der Waals surface area contributed by atoms with Crippen LogP contribution in [0.5, 0.6) is 0 Å². The second-order valence-corrected chi connectivity index (χ2v) is 3.35. The molecule has 0 bridgehead atoms. The molecule has 2 aromatic rings. The Morgan fingerprint density at radius 1 is 1.47 bits per heavy atom. The monoisotopic (exact) mass is 206 g/mol. The molecule has 0 spiro atoms. The molecular formula is C11H11FN2O. The molecule has 0 unspecified atom stereocenters. The van der Waals surface area contributed by atoms with E-state index in [2.05, 4.69) is 4.98 Å². The molecule has 0 aliphatic rings. The van der Waals surface area contributed by atoms with Crippen LogP contribution in [-0.2, 0) is 0 Å². The Labute approximate surface area is 86.1 Å². The lowest BCUT2D eigenvalue weighted by Crippen LogP contribution is -2.07. The SMILES string of the molecule is NCCC(=O)c1c[nH]c2cc(F)ccc12. The van der Waals surface area contributed by atoms with Crippen molar-refractivity contribution in [3.63, 3.8) is 0 Å². The number of benzene rings is 1. The quantitative estimate of drug-likeness (QED) is 0.753. The third-order valence-corrected chi connectivity index (χ3v) is 2.32. The van der Waals surface area contributed by atoms with Crippen LogP contribution in [0.2, 0.25) is 0 Å². The minimum absolute atomic E-state index is 0.0182. The molecule has 0 atom stereocenters. The molecule has 3 nitrogen and oxygen atoms in total. The Morgan fingerprint density at radius 3 is 3.00 bits per heavy atom. The van der Waals surface area contributed by atoms with Crippen LogP contribution in [-0.4, -0.2) is 17.3 Å². The maximum Gasteiger partial charge on any atom is 0.166 e. The number of carbonyl (C=O) groups excluding carboxylic acids is 1. The molecular weight excluding hydrogens is 195 g/mol. The Kier molecular flexibility index (Phi) is 2.51. The van der Waals surface area contributed by atoms with Gasteiger partial charge in [-0.1, -0.05) is 0 Å². The fourth-order valence-corrected chi connectivity index (χ4v) is 1.59. The number of hydrogen-bond donors (Lipinski definition) is 2. The largest absolute Gasteiger partial charge is 0.360 e. The molecule has 0 saturated heterocycles. The van der Waals surface area contributed by atoms with Gasteiger partial charge in [-0.25, -0.2) is 4.39 Å². The normalized spacial score (nSPS) is 10.8. The Hall–Kier alpha value is -1.68. The van der Waals surface area contributed by atoms with Crippen LogP contribution in [0.3, 0.4) is 0 Å². The lowest BCUT2D eigenvalue weighted by molar-refractivity contribution is 0.0987. The van der Waals surface area contributed by atoms with E-state index in [1.807, 2.05) is 0 Å². The van der Waals surface area contributed by atoms with Crippen molar-refractivity contribution < 1.29 is 9.18 Å². The molecule has 1 heterocycles. The highest BCUT2D eigenvalue weighted by atomic mass is 19.1. The van der Waals surface area contributed by atoms with Crippen molar-refractivity contribution in [3.8, 4) is 0 Å². The molecule has 2 rings (SSSR count). The molecule has 0 amide bonds. The van der Waals surface area contributed by atoms with Crippen molar-refractivity contribution in [2.45, 2.75) is 6.42 Å². The first-order valence-corrected chi connectivity index (χ1v) is 4.72. The number of aromatic amines is 1. The predicted molar refractivity (Wildman–Crippen MR) is 56.3 cm³/mol. The first-order valence-electron chi connectivity index (χ1n) is 4.72. The van der Waals surface area contributed by atoms with Gasteiger partial charge in [-0.15, -0.1) is 0 Å². The zero-order valence-electron chi connectivity index (χ0n) is 8.09. The summed E-state index contributed by atoms with van der Waals surface area (Å²) in [5.41, 5.74) is 6.53. The highest BCUT2D eigenvalue weighted by molar-refractivity contribution is 6.07. The number of nitrogens with one attached hydrogen (secondary N) is 1. The average Bonchev–Trinajstić information content (AvgIpc) is 2.60. The number of halogens is 1. The van der Waals surface area contributed by atoms with E-state index in [1.54, 1.807) is 12.3 Å². The number of H-pyrrole nitrogens is 1. The second kappa shape index (κ2) is 3.82. The number of hydrogen-bond acceptors (Lipinski definition) is 2. The Bertz CT molecular complexity index is 504. The maximum absolute atomic E-state index is 12.9. The van der Waals surface area contributed by atoms with Crippen LogP contribution in [0, 0.1) is 5.82 Å². The summed E-state index contributed by atoms with van der Waals surface area (Å²) in [5.74, 6) is -0.336. The summed E-state index contributed by atoms with van der Waals surface area (Å²) in [7, 11) is 0. The number of ketones is 1. The number of fused-ring (bicyclic) bond motifs is 1. The number of nitrogens with two attached hydrogens (primary N) is 1. The van der Waals surface area contributed by atoms with Gasteiger partial charge >= 0.3 is 0 Å². The van der Waals surface area contributed by atoms with Gasteiger partial charge in [0.05, 0.1) is 0 Å². The molecule has 78 valence electrons. The van der Waals surface area contributed by atoms with E-state index in [4.69, 9.17) is 5.73 Å². The molecule has 4 heteroatoms. The molecule has 0 saturated carbocycles. The summed E-state index contributed by atoms with van der Waals surface area (Å²) in [6.45, 7) is 0.326. The lowest BCUT2D eigenvalue weighted by Gasteiger charge is -1.96. The summed E-state index contributed by atoms with van der Waals surface area (Å²) in [4.78, 5) is 14.5. The second-order valence-electron chi connectivity index (χ2n) is 3.35. The molecule has 0 aliphatic carbocycles. The summed E-state index contributed by atoms with van der Waals surface area (Å²) >= 11 is 0. The minimum Gasteiger partial charge on any atom is -0.360 e. The van der Waals surface area contributed by atoms with E-state index in [-0.39, 0.29) is 11.6 Å². The van der Waals surface area contributed by atoms with Crippen molar-refractivity contribution in [2.24, 2.45) is 5.73 Å². The van der Waals surface area contributed by atoms with Gasteiger partial charge in [0.2, 0.25) is 0 Å². The van der Waals surface area contributed by atoms with Crippen molar-refractivity contribution >= 4 is 16.7 Å². The predicted octanol–water partition coefficient (Wildman–Crippen LogP) is 1.84. The molecule has 1 aromatic carbocycles. The average molecular weight is 206 g/mol. The van der Waals surface area contributed by atoms with Gasteiger partial charge in [-0.05, 0) is 24.7 Å². The highest BCUT2D eigenvalue weighted by Gasteiger charge is 2.11. The molecule has 0 aliphatic heterocycles. The van der Waals surface area contributed by atoms with E-state index in [0.717, 1.165) is 5.39 Å².